The van der Waals surface area contributed by atoms with Crippen LogP contribution in [0.4, 0.5) is 17.1 Å². The molecule has 7 aliphatic rings. The summed E-state index contributed by atoms with van der Waals surface area (Å²) in [5.41, 5.74) is 17.2. The van der Waals surface area contributed by atoms with Gasteiger partial charge in [0.15, 0.2) is 0 Å². The predicted octanol–water partition coefficient (Wildman–Crippen LogP) is 13.6. The summed E-state index contributed by atoms with van der Waals surface area (Å²) in [4.78, 5) is 2.66. The molecular formula is C50H59N. The van der Waals surface area contributed by atoms with Crippen LogP contribution in [-0.4, -0.2) is 0 Å². The highest BCUT2D eigenvalue weighted by molar-refractivity contribution is 5.87. The zero-order valence-corrected chi connectivity index (χ0v) is 32.6. The number of anilines is 3. The maximum absolute atomic E-state index is 2.70. The van der Waals surface area contributed by atoms with Gasteiger partial charge in [-0.25, -0.2) is 0 Å². The summed E-state index contributed by atoms with van der Waals surface area (Å²) in [5, 5.41) is 0. The molecule has 51 heavy (non-hydrogen) atoms. The number of benzene rings is 4. The summed E-state index contributed by atoms with van der Waals surface area (Å²) >= 11 is 0. The van der Waals surface area contributed by atoms with E-state index in [-0.39, 0.29) is 27.1 Å². The van der Waals surface area contributed by atoms with Crippen LogP contribution in [0.25, 0.3) is 11.1 Å². The van der Waals surface area contributed by atoms with Crippen molar-refractivity contribution >= 4 is 17.1 Å². The van der Waals surface area contributed by atoms with E-state index in [1.165, 1.54) is 108 Å². The van der Waals surface area contributed by atoms with Gasteiger partial charge in [0, 0.05) is 22.5 Å². The van der Waals surface area contributed by atoms with Crippen LogP contribution >= 0.6 is 0 Å². The molecule has 4 bridgehead atoms. The summed E-state index contributed by atoms with van der Waals surface area (Å²) < 4.78 is 0. The molecule has 11 rings (SSSR count). The van der Waals surface area contributed by atoms with Gasteiger partial charge in [0.05, 0.1) is 0 Å². The molecule has 1 heteroatoms. The van der Waals surface area contributed by atoms with Crippen LogP contribution in [0, 0.1) is 23.7 Å². The Morgan fingerprint density at radius 2 is 0.824 bits per heavy atom. The Hall–Kier alpha value is -3.32. The molecule has 0 radical (unpaired) electrons. The predicted molar refractivity (Wildman–Crippen MR) is 215 cm³/mol. The van der Waals surface area contributed by atoms with Crippen molar-refractivity contribution in [1.82, 2.24) is 0 Å². The summed E-state index contributed by atoms with van der Waals surface area (Å²) in [5.74, 6) is 3.41. The van der Waals surface area contributed by atoms with Gasteiger partial charge in [-0.15, -0.1) is 0 Å². The number of hydrogen-bond donors (Lipinski definition) is 0. The highest BCUT2D eigenvalue weighted by atomic mass is 15.1. The molecule has 7 aliphatic carbocycles. The van der Waals surface area contributed by atoms with E-state index in [4.69, 9.17) is 0 Å². The van der Waals surface area contributed by atoms with E-state index in [9.17, 15) is 0 Å². The molecule has 264 valence electrons. The van der Waals surface area contributed by atoms with E-state index in [0.717, 1.165) is 23.7 Å². The summed E-state index contributed by atoms with van der Waals surface area (Å²) in [6.07, 6.45) is 12.1. The fraction of sp³-hybridized carbons (Fsp3) is 0.520. The van der Waals surface area contributed by atoms with Gasteiger partial charge in [-0.2, -0.15) is 0 Å². The number of nitrogens with zero attached hydrogens (tertiary/aromatic N) is 1. The Morgan fingerprint density at radius 1 is 0.412 bits per heavy atom. The monoisotopic (exact) mass is 673 g/mol. The molecule has 4 aromatic carbocycles. The maximum Gasteiger partial charge on any atom is 0.0465 e. The van der Waals surface area contributed by atoms with Crippen LogP contribution in [-0.2, 0) is 27.1 Å². The summed E-state index contributed by atoms with van der Waals surface area (Å²) in [6, 6.07) is 32.3. The van der Waals surface area contributed by atoms with Crippen LogP contribution in [0.5, 0.6) is 0 Å². The van der Waals surface area contributed by atoms with Gasteiger partial charge in [-0.05, 0) is 184 Å². The van der Waals surface area contributed by atoms with Crippen molar-refractivity contribution in [3.05, 3.63) is 112 Å². The zero-order valence-electron chi connectivity index (χ0n) is 32.6. The first kappa shape index (κ1) is 32.3. The zero-order chi connectivity index (χ0) is 35.3. The van der Waals surface area contributed by atoms with Crippen LogP contribution in [0.2, 0.25) is 0 Å². The normalized spacial score (nSPS) is 30.7. The van der Waals surface area contributed by atoms with Gasteiger partial charge >= 0.3 is 0 Å². The topological polar surface area (TPSA) is 3.24 Å². The van der Waals surface area contributed by atoms with E-state index < -0.39 is 0 Å². The second kappa shape index (κ2) is 10.4. The van der Waals surface area contributed by atoms with Crippen molar-refractivity contribution in [3.8, 4) is 11.1 Å². The SMILES string of the molecule is CC1(C)CCC(C)(C)c2cc(N(c3ccc4c(c3)C(C)(C)CCC4(C)C)c3ccc4c(c3)C3(c5ccccc5-4)C4CC5CC(C4)CC3C5)ccc21. The minimum atomic E-state index is 0.151. The molecular weight excluding hydrogens is 615 g/mol. The molecule has 4 fully saturated rings. The summed E-state index contributed by atoms with van der Waals surface area (Å²) in [7, 11) is 0. The Bertz CT molecular complexity index is 1980. The number of rotatable bonds is 3. The fourth-order valence-corrected chi connectivity index (χ4v) is 13.2. The first-order chi connectivity index (χ1) is 24.2. The van der Waals surface area contributed by atoms with E-state index in [2.05, 4.69) is 139 Å². The Labute approximate surface area is 308 Å². The third-order valence-electron chi connectivity index (χ3n) is 16.0. The molecule has 1 nitrogen and oxygen atoms in total. The smallest absolute Gasteiger partial charge is 0.0465 e. The molecule has 0 unspecified atom stereocenters. The highest BCUT2D eigenvalue weighted by Gasteiger charge is 2.61. The van der Waals surface area contributed by atoms with Crippen molar-refractivity contribution in [2.45, 2.75) is 140 Å². The van der Waals surface area contributed by atoms with Gasteiger partial charge in [0.1, 0.15) is 0 Å². The standard InChI is InChI=1S/C50H59N/c1-46(2)19-21-48(5,6)44-29-36(14-17-41(44)46)51(37-15-18-42-45(30-37)49(7,8)22-20-47(42,3)4)35-13-16-39-38-11-9-10-12-40(38)50(43(39)28-35)33-24-31-23-32(26-33)27-34(50)25-31/h9-18,28-34H,19-27H2,1-8H3. The lowest BCUT2D eigenvalue weighted by molar-refractivity contribution is -0.0399. The summed E-state index contributed by atoms with van der Waals surface area (Å²) in [6.45, 7) is 19.7. The van der Waals surface area contributed by atoms with Crippen molar-refractivity contribution in [2.24, 2.45) is 23.7 Å². The first-order valence-corrected chi connectivity index (χ1v) is 20.5. The van der Waals surface area contributed by atoms with E-state index in [1.807, 2.05) is 0 Å². The molecule has 0 heterocycles. The molecule has 0 atom stereocenters. The number of hydrogen-bond acceptors (Lipinski definition) is 1. The van der Waals surface area contributed by atoms with Crippen molar-refractivity contribution < 1.29 is 0 Å². The minimum Gasteiger partial charge on any atom is -0.310 e. The van der Waals surface area contributed by atoms with E-state index >= 15 is 0 Å². The lowest BCUT2D eigenvalue weighted by Crippen LogP contribution is -2.55. The molecule has 0 N–H and O–H groups in total. The molecule has 4 saturated carbocycles. The van der Waals surface area contributed by atoms with Gasteiger partial charge in [0.25, 0.3) is 0 Å². The molecule has 0 aliphatic heterocycles. The van der Waals surface area contributed by atoms with E-state index in [0.29, 0.717) is 0 Å². The Morgan fingerprint density at radius 3 is 1.33 bits per heavy atom. The van der Waals surface area contributed by atoms with Crippen LogP contribution in [0.15, 0.2) is 78.9 Å². The van der Waals surface area contributed by atoms with Crippen LogP contribution in [0.1, 0.15) is 147 Å². The van der Waals surface area contributed by atoms with Gasteiger partial charge in [-0.1, -0.05) is 97.9 Å². The largest absolute Gasteiger partial charge is 0.310 e. The van der Waals surface area contributed by atoms with Crippen LogP contribution in [0.3, 0.4) is 0 Å². The second-order valence-corrected chi connectivity index (χ2v) is 20.8. The molecule has 1 spiro atoms. The maximum atomic E-state index is 2.70. The Balaban J connectivity index is 1.20. The fourth-order valence-electron chi connectivity index (χ4n) is 13.2. The first-order valence-electron chi connectivity index (χ1n) is 20.5. The highest BCUT2D eigenvalue weighted by Crippen LogP contribution is 2.69. The average molecular weight is 674 g/mol. The van der Waals surface area contributed by atoms with Crippen molar-refractivity contribution in [1.29, 1.82) is 0 Å². The van der Waals surface area contributed by atoms with Crippen molar-refractivity contribution in [3.63, 3.8) is 0 Å². The molecule has 4 aromatic rings. The minimum absolute atomic E-state index is 0.151. The lowest BCUT2D eigenvalue weighted by Gasteiger charge is -2.61. The van der Waals surface area contributed by atoms with Crippen molar-refractivity contribution in [2.75, 3.05) is 4.90 Å². The average Bonchev–Trinajstić information content (AvgIpc) is 3.38. The molecule has 0 amide bonds. The molecule has 0 aromatic heterocycles. The van der Waals surface area contributed by atoms with Gasteiger partial charge < -0.3 is 4.90 Å². The quantitative estimate of drug-likeness (QED) is 0.209. The third kappa shape index (κ3) is 4.45. The number of fused-ring (bicyclic) bond motifs is 5. The van der Waals surface area contributed by atoms with Gasteiger partial charge in [-0.3, -0.25) is 0 Å². The van der Waals surface area contributed by atoms with Crippen LogP contribution < -0.4 is 4.90 Å². The Kier molecular flexibility index (Phi) is 6.61. The molecule has 0 saturated heterocycles. The van der Waals surface area contributed by atoms with Gasteiger partial charge in [0.2, 0.25) is 0 Å². The lowest BCUT2D eigenvalue weighted by atomic mass is 9.43. The third-order valence-corrected chi connectivity index (χ3v) is 16.0. The second-order valence-electron chi connectivity index (χ2n) is 20.8. The van der Waals surface area contributed by atoms with E-state index in [1.54, 1.807) is 11.1 Å².